The predicted octanol–water partition coefficient (Wildman–Crippen LogP) is 3.60. The van der Waals surface area contributed by atoms with E-state index in [1.165, 1.54) is 5.56 Å². The Hall–Kier alpha value is -3.23. The van der Waals surface area contributed by atoms with Crippen LogP contribution in [0.15, 0.2) is 60.0 Å². The number of ether oxygens (including phenoxy) is 1. The summed E-state index contributed by atoms with van der Waals surface area (Å²) in [6.07, 6.45) is 0.949. The third kappa shape index (κ3) is 6.65. The van der Waals surface area contributed by atoms with Crippen LogP contribution >= 0.6 is 11.3 Å². The van der Waals surface area contributed by atoms with Crippen molar-refractivity contribution < 1.29 is 14.3 Å². The quantitative estimate of drug-likeness (QED) is 0.509. The van der Waals surface area contributed by atoms with E-state index in [0.29, 0.717) is 6.54 Å². The van der Waals surface area contributed by atoms with Crippen LogP contribution < -0.4 is 10.2 Å². The van der Waals surface area contributed by atoms with Gasteiger partial charge in [0.05, 0.1) is 36.9 Å². The second-order valence-corrected chi connectivity index (χ2v) is 9.12. The number of morpholine rings is 1. The van der Waals surface area contributed by atoms with Gasteiger partial charge in [-0.25, -0.2) is 4.98 Å². The lowest BCUT2D eigenvalue weighted by Crippen LogP contribution is -2.38. The molecule has 2 amide bonds. The summed E-state index contributed by atoms with van der Waals surface area (Å²) in [5.74, 6) is -0.311. The van der Waals surface area contributed by atoms with Crippen molar-refractivity contribution >= 4 is 34.5 Å². The molecule has 0 radical (unpaired) electrons. The topological polar surface area (TPSA) is 74.8 Å². The molecule has 3 aromatic rings. The van der Waals surface area contributed by atoms with Gasteiger partial charge in [-0.05, 0) is 36.8 Å². The molecule has 2 heterocycles. The summed E-state index contributed by atoms with van der Waals surface area (Å²) in [6, 6.07) is 17.9. The fourth-order valence-electron chi connectivity index (χ4n) is 3.88. The first-order valence-corrected chi connectivity index (χ1v) is 12.5. The van der Waals surface area contributed by atoms with E-state index in [0.717, 1.165) is 54.8 Å². The number of hydrogen-bond donors (Lipinski definition) is 1. The van der Waals surface area contributed by atoms with Gasteiger partial charge in [0.15, 0.2) is 0 Å². The van der Waals surface area contributed by atoms with Gasteiger partial charge in [0, 0.05) is 42.8 Å². The third-order valence-electron chi connectivity index (χ3n) is 5.73. The standard InChI is InChI=1S/C26H30N4O3S/c1-2-29(26(32)17-22-19-34-25(28-22)16-20-6-4-3-5-7-20)18-24(31)27-21-8-10-23(11-9-21)30-12-14-33-15-13-30/h3-11,19H,2,12-18H2,1H3,(H,27,31). The number of amides is 2. The zero-order valence-corrected chi connectivity index (χ0v) is 20.2. The lowest BCUT2D eigenvalue weighted by atomic mass is 10.2. The second kappa shape index (κ2) is 11.8. The van der Waals surface area contributed by atoms with E-state index < -0.39 is 0 Å². The number of anilines is 2. The summed E-state index contributed by atoms with van der Waals surface area (Å²) < 4.78 is 5.39. The molecule has 34 heavy (non-hydrogen) atoms. The summed E-state index contributed by atoms with van der Waals surface area (Å²) in [5.41, 5.74) is 3.77. The van der Waals surface area contributed by atoms with Crippen LogP contribution in [-0.2, 0) is 27.2 Å². The van der Waals surface area contributed by atoms with E-state index in [4.69, 9.17) is 4.74 Å². The fourth-order valence-corrected chi connectivity index (χ4v) is 4.70. The molecule has 2 aromatic carbocycles. The van der Waals surface area contributed by atoms with Gasteiger partial charge in [-0.1, -0.05) is 30.3 Å². The molecule has 178 valence electrons. The van der Waals surface area contributed by atoms with Crippen molar-refractivity contribution in [3.8, 4) is 0 Å². The maximum absolute atomic E-state index is 12.8. The molecule has 0 spiro atoms. The number of nitrogens with zero attached hydrogens (tertiary/aromatic N) is 3. The molecule has 1 N–H and O–H groups in total. The zero-order chi connectivity index (χ0) is 23.8. The number of nitrogens with one attached hydrogen (secondary N) is 1. The zero-order valence-electron chi connectivity index (χ0n) is 19.4. The molecule has 0 bridgehead atoms. The number of hydrogen-bond acceptors (Lipinski definition) is 6. The van der Waals surface area contributed by atoms with Gasteiger partial charge in [0.2, 0.25) is 11.8 Å². The highest BCUT2D eigenvalue weighted by atomic mass is 32.1. The van der Waals surface area contributed by atoms with Crippen LogP contribution in [0.3, 0.4) is 0 Å². The number of benzene rings is 2. The van der Waals surface area contributed by atoms with Gasteiger partial charge < -0.3 is 19.9 Å². The number of thiazole rings is 1. The molecule has 1 fully saturated rings. The molecule has 1 aliphatic heterocycles. The molecule has 0 atom stereocenters. The minimum atomic E-state index is -0.211. The number of likely N-dealkylation sites (N-methyl/N-ethyl adjacent to an activating group) is 1. The Bertz CT molecular complexity index is 1080. The molecule has 0 unspecified atom stereocenters. The summed E-state index contributed by atoms with van der Waals surface area (Å²) in [6.45, 7) is 5.55. The SMILES string of the molecule is CCN(CC(=O)Nc1ccc(N2CCOCC2)cc1)C(=O)Cc1csc(Cc2ccccc2)n1. The van der Waals surface area contributed by atoms with Crippen molar-refractivity contribution in [2.75, 3.05) is 49.6 Å². The highest BCUT2D eigenvalue weighted by Crippen LogP contribution is 2.19. The van der Waals surface area contributed by atoms with Crippen LogP contribution in [0.5, 0.6) is 0 Å². The third-order valence-corrected chi connectivity index (χ3v) is 6.62. The van der Waals surface area contributed by atoms with Crippen LogP contribution in [0.2, 0.25) is 0 Å². The number of aromatic nitrogens is 1. The van der Waals surface area contributed by atoms with Gasteiger partial charge in [-0.3, -0.25) is 9.59 Å². The lowest BCUT2D eigenvalue weighted by molar-refractivity contribution is -0.133. The van der Waals surface area contributed by atoms with Crippen molar-refractivity contribution in [3.05, 3.63) is 76.2 Å². The van der Waals surface area contributed by atoms with Crippen molar-refractivity contribution in [1.82, 2.24) is 9.88 Å². The molecule has 1 saturated heterocycles. The van der Waals surface area contributed by atoms with E-state index in [-0.39, 0.29) is 24.8 Å². The lowest BCUT2D eigenvalue weighted by Gasteiger charge is -2.29. The molecular weight excluding hydrogens is 448 g/mol. The van der Waals surface area contributed by atoms with E-state index in [2.05, 4.69) is 27.3 Å². The first-order chi connectivity index (χ1) is 16.6. The van der Waals surface area contributed by atoms with Crippen molar-refractivity contribution in [1.29, 1.82) is 0 Å². The number of rotatable bonds is 9. The van der Waals surface area contributed by atoms with E-state index >= 15 is 0 Å². The van der Waals surface area contributed by atoms with Gasteiger partial charge in [0.1, 0.15) is 0 Å². The molecule has 1 aromatic heterocycles. The van der Waals surface area contributed by atoms with Gasteiger partial charge in [-0.2, -0.15) is 0 Å². The maximum atomic E-state index is 12.8. The normalized spacial score (nSPS) is 13.5. The van der Waals surface area contributed by atoms with Crippen LogP contribution in [0.1, 0.15) is 23.2 Å². The molecule has 4 rings (SSSR count). The van der Waals surface area contributed by atoms with Crippen LogP contribution in [0, 0.1) is 0 Å². The van der Waals surface area contributed by atoms with Crippen LogP contribution in [0.4, 0.5) is 11.4 Å². The van der Waals surface area contributed by atoms with Crippen molar-refractivity contribution in [2.45, 2.75) is 19.8 Å². The monoisotopic (exact) mass is 478 g/mol. The predicted molar refractivity (Wildman–Crippen MR) is 135 cm³/mol. The van der Waals surface area contributed by atoms with E-state index in [1.54, 1.807) is 16.2 Å². The Labute approximate surface area is 204 Å². The summed E-state index contributed by atoms with van der Waals surface area (Å²) in [7, 11) is 0. The molecule has 7 nitrogen and oxygen atoms in total. The molecule has 0 aliphatic carbocycles. The fraction of sp³-hybridized carbons (Fsp3) is 0.346. The average Bonchev–Trinajstić information content (AvgIpc) is 3.30. The molecular formula is C26H30N4O3S. The minimum absolute atomic E-state index is 0.0154. The second-order valence-electron chi connectivity index (χ2n) is 8.17. The first kappa shape index (κ1) is 23.9. The van der Waals surface area contributed by atoms with Gasteiger partial charge in [0.25, 0.3) is 0 Å². The maximum Gasteiger partial charge on any atom is 0.243 e. The Morgan fingerprint density at radius 2 is 1.82 bits per heavy atom. The molecule has 0 saturated carbocycles. The Morgan fingerprint density at radius 3 is 2.53 bits per heavy atom. The minimum Gasteiger partial charge on any atom is -0.378 e. The van der Waals surface area contributed by atoms with Crippen molar-refractivity contribution in [2.24, 2.45) is 0 Å². The summed E-state index contributed by atoms with van der Waals surface area (Å²) in [4.78, 5) is 33.8. The smallest absolute Gasteiger partial charge is 0.243 e. The number of carbonyl (C=O) groups excluding carboxylic acids is 2. The first-order valence-electron chi connectivity index (χ1n) is 11.6. The Morgan fingerprint density at radius 1 is 1.09 bits per heavy atom. The Balaban J connectivity index is 1.27. The number of carbonyl (C=O) groups is 2. The van der Waals surface area contributed by atoms with Crippen LogP contribution in [-0.4, -0.2) is 61.1 Å². The van der Waals surface area contributed by atoms with Crippen LogP contribution in [0.25, 0.3) is 0 Å². The van der Waals surface area contributed by atoms with E-state index in [1.807, 2.05) is 54.8 Å². The van der Waals surface area contributed by atoms with Gasteiger partial charge >= 0.3 is 0 Å². The highest BCUT2D eigenvalue weighted by Gasteiger charge is 2.18. The Kier molecular flexibility index (Phi) is 8.27. The summed E-state index contributed by atoms with van der Waals surface area (Å²) in [5, 5.41) is 5.81. The molecule has 8 heteroatoms. The summed E-state index contributed by atoms with van der Waals surface area (Å²) >= 11 is 1.56. The van der Waals surface area contributed by atoms with E-state index in [9.17, 15) is 9.59 Å². The van der Waals surface area contributed by atoms with Gasteiger partial charge in [-0.15, -0.1) is 11.3 Å². The molecule has 1 aliphatic rings. The van der Waals surface area contributed by atoms with Crippen molar-refractivity contribution in [3.63, 3.8) is 0 Å². The highest BCUT2D eigenvalue weighted by molar-refractivity contribution is 7.09. The average molecular weight is 479 g/mol. The largest absolute Gasteiger partial charge is 0.378 e.